The Morgan fingerprint density at radius 1 is 1.32 bits per heavy atom. The van der Waals surface area contributed by atoms with Gasteiger partial charge in [0.2, 0.25) is 0 Å². The van der Waals surface area contributed by atoms with Crippen molar-refractivity contribution < 1.29 is 0 Å². The predicted molar refractivity (Wildman–Crippen MR) is 78.3 cm³/mol. The first-order chi connectivity index (χ1) is 9.17. The number of nitrogen functional groups attached to an aromatic ring is 1. The van der Waals surface area contributed by atoms with Gasteiger partial charge in [-0.15, -0.1) is 0 Å². The fourth-order valence-electron chi connectivity index (χ4n) is 1.74. The number of thioether (sulfide) groups is 1. The molecule has 0 atom stereocenters. The highest BCUT2D eigenvalue weighted by molar-refractivity contribution is 7.98. The average molecular weight is 298 g/mol. The van der Waals surface area contributed by atoms with Gasteiger partial charge in [0.25, 0.3) is 0 Å². The molecule has 2 N–H and O–H groups in total. The lowest BCUT2D eigenvalue weighted by Crippen LogP contribution is -2.02. The van der Waals surface area contributed by atoms with Crippen LogP contribution in [-0.4, -0.2) is 19.7 Å². The number of rotatable bonds is 5. The van der Waals surface area contributed by atoms with E-state index >= 15 is 0 Å². The van der Waals surface area contributed by atoms with E-state index in [0.717, 1.165) is 34.4 Å². The van der Waals surface area contributed by atoms with E-state index in [1.54, 1.807) is 12.4 Å². The van der Waals surface area contributed by atoms with E-state index in [2.05, 4.69) is 15.1 Å². The Balaban J connectivity index is 2.20. The number of hydrogen-bond acceptors (Lipinski definition) is 5. The summed E-state index contributed by atoms with van der Waals surface area (Å²) in [4.78, 5) is 8.23. The lowest BCUT2D eigenvalue weighted by atomic mass is 10.3. The summed E-state index contributed by atoms with van der Waals surface area (Å²) in [6.45, 7) is 4.89. The van der Waals surface area contributed by atoms with E-state index in [1.807, 2.05) is 18.5 Å². The fraction of sp³-hybridized carbons (Fsp3) is 0.417. The molecule has 0 fully saturated rings. The van der Waals surface area contributed by atoms with E-state index in [9.17, 15) is 0 Å². The van der Waals surface area contributed by atoms with Crippen LogP contribution in [0.5, 0.6) is 0 Å². The molecule has 0 radical (unpaired) electrons. The molecule has 0 aliphatic carbocycles. The number of halogens is 1. The maximum absolute atomic E-state index is 6.35. The van der Waals surface area contributed by atoms with Gasteiger partial charge in [0.1, 0.15) is 5.03 Å². The zero-order valence-electron chi connectivity index (χ0n) is 10.9. The van der Waals surface area contributed by atoms with Crippen LogP contribution >= 0.6 is 23.4 Å². The van der Waals surface area contributed by atoms with Gasteiger partial charge in [-0.2, -0.15) is 5.10 Å². The van der Waals surface area contributed by atoms with Crippen molar-refractivity contribution in [1.29, 1.82) is 0 Å². The molecule has 0 saturated heterocycles. The largest absolute Gasteiger partial charge is 0.381 e. The van der Waals surface area contributed by atoms with Crippen LogP contribution in [-0.2, 0) is 18.7 Å². The minimum Gasteiger partial charge on any atom is -0.381 e. The van der Waals surface area contributed by atoms with Gasteiger partial charge >= 0.3 is 0 Å². The molecule has 0 unspecified atom stereocenters. The summed E-state index contributed by atoms with van der Waals surface area (Å²) in [7, 11) is 0. The van der Waals surface area contributed by atoms with E-state index < -0.39 is 0 Å². The third-order valence-corrected chi connectivity index (χ3v) is 4.17. The van der Waals surface area contributed by atoms with Gasteiger partial charge in [0.05, 0.1) is 16.4 Å². The average Bonchev–Trinajstić information content (AvgIpc) is 2.74. The first-order valence-corrected chi connectivity index (χ1v) is 7.47. The molecule has 2 aromatic heterocycles. The first-order valence-electron chi connectivity index (χ1n) is 6.10. The Labute approximate surface area is 121 Å². The number of anilines is 1. The maximum atomic E-state index is 6.35. The van der Waals surface area contributed by atoms with Crippen molar-refractivity contribution in [3.8, 4) is 0 Å². The Morgan fingerprint density at radius 3 is 2.68 bits per heavy atom. The molecule has 5 nitrogen and oxygen atoms in total. The summed E-state index contributed by atoms with van der Waals surface area (Å²) in [5.41, 5.74) is 7.72. The van der Waals surface area contributed by atoms with Gasteiger partial charge in [-0.25, -0.2) is 9.97 Å². The van der Waals surface area contributed by atoms with Crippen LogP contribution in [0.25, 0.3) is 0 Å². The third kappa shape index (κ3) is 3.01. The SMILES string of the molecule is CCc1nn(CC)c(CSc2nccnc2N)c1Cl. The number of aromatic nitrogens is 4. The smallest absolute Gasteiger partial charge is 0.156 e. The molecular formula is C12H16ClN5S. The van der Waals surface area contributed by atoms with Gasteiger partial charge in [-0.05, 0) is 13.3 Å². The number of nitrogens with two attached hydrogens (primary N) is 1. The van der Waals surface area contributed by atoms with Crippen molar-refractivity contribution in [2.75, 3.05) is 5.73 Å². The quantitative estimate of drug-likeness (QED) is 0.859. The lowest BCUT2D eigenvalue weighted by Gasteiger charge is -2.05. The summed E-state index contributed by atoms with van der Waals surface area (Å²) >= 11 is 7.87. The Kier molecular flexibility index (Phi) is 4.66. The molecule has 0 spiro atoms. The minimum absolute atomic E-state index is 0.446. The van der Waals surface area contributed by atoms with Crippen LogP contribution in [0.15, 0.2) is 17.4 Å². The molecule has 19 heavy (non-hydrogen) atoms. The monoisotopic (exact) mass is 297 g/mol. The molecule has 0 aliphatic rings. The standard InChI is InChI=1S/C12H16ClN5S/c1-3-8-10(13)9(18(4-2)17-8)7-19-12-11(14)15-5-6-16-12/h5-6H,3-4,7H2,1-2H3,(H2,14,15). The van der Waals surface area contributed by atoms with E-state index in [-0.39, 0.29) is 0 Å². The van der Waals surface area contributed by atoms with Crippen molar-refractivity contribution in [2.45, 2.75) is 37.6 Å². The molecule has 2 rings (SSSR count). The summed E-state index contributed by atoms with van der Waals surface area (Å²) in [5.74, 6) is 1.13. The van der Waals surface area contributed by atoms with E-state index in [4.69, 9.17) is 17.3 Å². The highest BCUT2D eigenvalue weighted by Gasteiger charge is 2.15. The van der Waals surface area contributed by atoms with E-state index in [0.29, 0.717) is 11.6 Å². The topological polar surface area (TPSA) is 69.6 Å². The molecule has 2 heterocycles. The van der Waals surface area contributed by atoms with Crippen molar-refractivity contribution in [3.05, 3.63) is 28.8 Å². The molecule has 0 bridgehead atoms. The molecule has 0 aliphatic heterocycles. The molecule has 7 heteroatoms. The summed E-state index contributed by atoms with van der Waals surface area (Å²) < 4.78 is 1.93. The van der Waals surface area contributed by atoms with Gasteiger partial charge in [0, 0.05) is 24.7 Å². The zero-order valence-corrected chi connectivity index (χ0v) is 12.5. The van der Waals surface area contributed by atoms with Crippen LogP contribution in [0.4, 0.5) is 5.82 Å². The van der Waals surface area contributed by atoms with E-state index in [1.165, 1.54) is 11.8 Å². The Bertz CT molecular complexity index is 569. The lowest BCUT2D eigenvalue weighted by molar-refractivity contribution is 0.628. The van der Waals surface area contributed by atoms with Crippen molar-refractivity contribution in [1.82, 2.24) is 19.7 Å². The van der Waals surface area contributed by atoms with Gasteiger partial charge < -0.3 is 5.73 Å². The highest BCUT2D eigenvalue weighted by atomic mass is 35.5. The second-order valence-electron chi connectivity index (χ2n) is 3.91. The van der Waals surface area contributed by atoms with Gasteiger partial charge in [-0.3, -0.25) is 4.68 Å². The molecule has 102 valence electrons. The number of hydrogen-bond donors (Lipinski definition) is 1. The maximum Gasteiger partial charge on any atom is 0.156 e. The fourth-order valence-corrected chi connectivity index (χ4v) is 3.06. The molecule has 0 saturated carbocycles. The molecular weight excluding hydrogens is 282 g/mol. The van der Waals surface area contributed by atoms with Crippen molar-refractivity contribution in [3.63, 3.8) is 0 Å². The first kappa shape index (κ1) is 14.1. The molecule has 0 amide bonds. The van der Waals surface area contributed by atoms with Crippen LogP contribution in [0, 0.1) is 0 Å². The normalized spacial score (nSPS) is 10.9. The zero-order chi connectivity index (χ0) is 13.8. The summed E-state index contributed by atoms with van der Waals surface area (Å²) in [6, 6.07) is 0. The Hall–Kier alpha value is -1.27. The van der Waals surface area contributed by atoms with Crippen LogP contribution in [0.1, 0.15) is 25.2 Å². The highest BCUT2D eigenvalue weighted by Crippen LogP contribution is 2.29. The number of aryl methyl sites for hydroxylation is 2. The second-order valence-corrected chi connectivity index (χ2v) is 5.25. The minimum atomic E-state index is 0.446. The molecule has 0 aromatic carbocycles. The van der Waals surface area contributed by atoms with Crippen molar-refractivity contribution in [2.24, 2.45) is 0 Å². The summed E-state index contributed by atoms with van der Waals surface area (Å²) in [6.07, 6.45) is 4.05. The van der Waals surface area contributed by atoms with Gasteiger partial charge in [-0.1, -0.05) is 30.3 Å². The van der Waals surface area contributed by atoms with Crippen LogP contribution in [0.3, 0.4) is 0 Å². The van der Waals surface area contributed by atoms with Crippen molar-refractivity contribution >= 4 is 29.2 Å². The second kappa shape index (κ2) is 6.25. The third-order valence-electron chi connectivity index (χ3n) is 2.73. The van der Waals surface area contributed by atoms with Crippen LogP contribution in [0.2, 0.25) is 5.02 Å². The van der Waals surface area contributed by atoms with Crippen LogP contribution < -0.4 is 5.73 Å². The molecule has 2 aromatic rings. The van der Waals surface area contributed by atoms with Gasteiger partial charge in [0.15, 0.2) is 5.82 Å². The summed E-state index contributed by atoms with van der Waals surface area (Å²) in [5, 5.41) is 5.96. The number of nitrogens with zero attached hydrogens (tertiary/aromatic N) is 4. The Morgan fingerprint density at radius 2 is 2.05 bits per heavy atom. The predicted octanol–water partition coefficient (Wildman–Crippen LogP) is 2.78.